The maximum Gasteiger partial charge on any atom is 0.414 e. The van der Waals surface area contributed by atoms with Crippen molar-refractivity contribution in [2.24, 2.45) is 5.10 Å². The van der Waals surface area contributed by atoms with Crippen LogP contribution in [0.5, 0.6) is 11.5 Å². The van der Waals surface area contributed by atoms with Gasteiger partial charge >= 0.3 is 6.09 Å². The smallest absolute Gasteiger partial charge is 0.414 e. The summed E-state index contributed by atoms with van der Waals surface area (Å²) in [5.74, 6) is -0.635. The quantitative estimate of drug-likeness (QED) is 0.350. The van der Waals surface area contributed by atoms with Gasteiger partial charge in [0, 0.05) is 11.8 Å². The molecule has 10 nitrogen and oxygen atoms in total. The van der Waals surface area contributed by atoms with E-state index in [0.717, 1.165) is 0 Å². The monoisotopic (exact) mass is 513 g/mol. The summed E-state index contributed by atoms with van der Waals surface area (Å²) in [5.41, 5.74) is 2.48. The number of halogens is 2. The lowest BCUT2D eigenvalue weighted by atomic mass is 10.3. The van der Waals surface area contributed by atoms with E-state index in [-0.39, 0.29) is 33.6 Å². The number of imide groups is 1. The van der Waals surface area contributed by atoms with Crippen molar-refractivity contribution in [2.75, 3.05) is 12.0 Å². The third kappa shape index (κ3) is 6.60. The van der Waals surface area contributed by atoms with E-state index >= 15 is 0 Å². The average molecular weight is 514 g/mol. The van der Waals surface area contributed by atoms with Gasteiger partial charge in [-0.05, 0) is 37.3 Å². The normalized spacial score (nSPS) is 10.7. The molecule has 0 bridgehead atoms. The number of rotatable bonds is 7. The first-order chi connectivity index (χ1) is 16.8. The number of nitrogens with one attached hydrogen (secondary N) is 2. The second-order valence-electron chi connectivity index (χ2n) is 6.64. The third-order valence-corrected chi connectivity index (χ3v) is 4.81. The molecular formula is C23H17Cl2N5O5. The van der Waals surface area contributed by atoms with E-state index in [0.29, 0.717) is 11.4 Å². The number of hydrazone groups is 1. The third-order valence-electron chi connectivity index (χ3n) is 4.25. The zero-order valence-corrected chi connectivity index (χ0v) is 19.6. The van der Waals surface area contributed by atoms with E-state index in [9.17, 15) is 14.4 Å². The number of carbonyl (C=O) groups excluding carboxylic acids is 2. The Morgan fingerprint density at radius 2 is 1.80 bits per heavy atom. The molecule has 3 aromatic rings. The average Bonchev–Trinajstić information content (AvgIpc) is 2.83. The number of anilines is 1. The first kappa shape index (κ1) is 25.3. The van der Waals surface area contributed by atoms with Crippen molar-refractivity contribution in [1.82, 2.24) is 9.88 Å². The van der Waals surface area contributed by atoms with Crippen LogP contribution >= 0.6 is 23.2 Å². The maximum atomic E-state index is 12.3. The minimum absolute atomic E-state index is 0.0507. The molecule has 0 saturated heterocycles. The van der Waals surface area contributed by atoms with E-state index in [1.54, 1.807) is 37.3 Å². The molecule has 0 fully saturated rings. The Hall–Kier alpha value is -4.33. The van der Waals surface area contributed by atoms with Crippen molar-refractivity contribution in [3.63, 3.8) is 0 Å². The van der Waals surface area contributed by atoms with E-state index in [1.807, 2.05) is 11.4 Å². The molecule has 2 N–H and O–H groups in total. The highest BCUT2D eigenvalue weighted by atomic mass is 35.5. The fourth-order valence-electron chi connectivity index (χ4n) is 2.72. The summed E-state index contributed by atoms with van der Waals surface area (Å²) in [7, 11) is 0. The van der Waals surface area contributed by atoms with E-state index < -0.39 is 17.7 Å². The molecule has 2 aromatic carbocycles. The second-order valence-corrected chi connectivity index (χ2v) is 7.45. The molecule has 0 spiro atoms. The Morgan fingerprint density at radius 1 is 1.11 bits per heavy atom. The summed E-state index contributed by atoms with van der Waals surface area (Å²) < 4.78 is 11.8. The first-order valence-corrected chi connectivity index (χ1v) is 10.7. The molecule has 35 heavy (non-hydrogen) atoms. The number of nitrogens with zero attached hydrogens (tertiary/aromatic N) is 3. The number of amides is 2. The summed E-state index contributed by atoms with van der Waals surface area (Å²) in [6.07, 6.45) is 0.494. The van der Waals surface area contributed by atoms with Gasteiger partial charge in [-0.2, -0.15) is 10.4 Å². The van der Waals surface area contributed by atoms with Crippen molar-refractivity contribution >= 4 is 46.6 Å². The van der Waals surface area contributed by atoms with Gasteiger partial charge in [0.1, 0.15) is 11.8 Å². The molecule has 0 aliphatic carbocycles. The van der Waals surface area contributed by atoms with Crippen molar-refractivity contribution in [3.05, 3.63) is 81.2 Å². The van der Waals surface area contributed by atoms with Gasteiger partial charge in [-0.1, -0.05) is 41.4 Å². The topological polar surface area (TPSA) is 135 Å². The minimum Gasteiger partial charge on any atom is -0.453 e. The molecule has 178 valence electrons. The summed E-state index contributed by atoms with van der Waals surface area (Å²) in [6.45, 7) is 1.61. The van der Waals surface area contributed by atoms with Crippen LogP contribution in [0.3, 0.4) is 0 Å². The Labute approximate surface area is 209 Å². The molecule has 1 aromatic heterocycles. The molecular weight excluding hydrogens is 497 g/mol. The Kier molecular flexibility index (Phi) is 8.45. The molecule has 12 heteroatoms. The number of para-hydroxylation sites is 1. The molecule has 2 amide bonds. The molecule has 0 unspecified atom stereocenters. The number of nitriles is 1. The molecule has 3 rings (SSSR count). The van der Waals surface area contributed by atoms with Crippen molar-refractivity contribution in [3.8, 4) is 23.3 Å². The zero-order chi connectivity index (χ0) is 25.4. The van der Waals surface area contributed by atoms with Crippen LogP contribution in [0.2, 0.25) is 10.0 Å². The van der Waals surface area contributed by atoms with Gasteiger partial charge in [0.15, 0.2) is 5.75 Å². The van der Waals surface area contributed by atoms with Gasteiger partial charge < -0.3 is 9.47 Å². The van der Waals surface area contributed by atoms with Gasteiger partial charge in [0.25, 0.3) is 11.5 Å². The van der Waals surface area contributed by atoms with Crippen LogP contribution < -0.4 is 21.0 Å². The Morgan fingerprint density at radius 3 is 2.43 bits per heavy atom. The van der Waals surface area contributed by atoms with Gasteiger partial charge in [-0.25, -0.2) is 4.79 Å². The fraction of sp³-hybridized carbons (Fsp3) is 0.0870. The van der Waals surface area contributed by atoms with Crippen LogP contribution in [0.25, 0.3) is 5.69 Å². The van der Waals surface area contributed by atoms with Gasteiger partial charge in [-0.15, -0.1) is 0 Å². The highest BCUT2D eigenvalue weighted by Crippen LogP contribution is 2.38. The molecule has 0 aliphatic rings. The lowest BCUT2D eigenvalue weighted by Crippen LogP contribution is -2.36. The molecule has 0 aliphatic heterocycles. The highest BCUT2D eigenvalue weighted by Gasteiger charge is 2.16. The summed E-state index contributed by atoms with van der Waals surface area (Å²) in [6, 6.07) is 16.2. The number of ether oxygens (including phenoxy) is 2. The van der Waals surface area contributed by atoms with Gasteiger partial charge in [0.2, 0.25) is 5.71 Å². The number of alkyl carbamates (subject to hydrolysis) is 1. The number of carbonyl (C=O) groups is 2. The highest BCUT2D eigenvalue weighted by molar-refractivity contribution is 6.47. The van der Waals surface area contributed by atoms with E-state index in [4.69, 9.17) is 33.2 Å². The van der Waals surface area contributed by atoms with Crippen molar-refractivity contribution in [1.29, 1.82) is 5.26 Å². The SMILES string of the molecule is CCOC(=O)NC(=O)/C(C#N)=N/Nc1cc(Cl)c(Oc2ccc(=O)n(-c3ccccc3)c2)c(Cl)c1. The second kappa shape index (κ2) is 11.7. The van der Waals surface area contributed by atoms with Crippen molar-refractivity contribution in [2.45, 2.75) is 6.92 Å². The van der Waals surface area contributed by atoms with Crippen LogP contribution in [0.4, 0.5) is 10.5 Å². The maximum absolute atomic E-state index is 12.3. The molecule has 0 radical (unpaired) electrons. The lowest BCUT2D eigenvalue weighted by molar-refractivity contribution is -0.114. The Bertz CT molecular complexity index is 1360. The van der Waals surface area contributed by atoms with Crippen LogP contribution in [0, 0.1) is 11.3 Å². The van der Waals surface area contributed by atoms with Crippen LogP contribution in [0.1, 0.15) is 6.92 Å². The van der Waals surface area contributed by atoms with Crippen molar-refractivity contribution < 1.29 is 19.1 Å². The molecule has 1 heterocycles. The molecule has 0 atom stereocenters. The number of hydrogen-bond acceptors (Lipinski definition) is 8. The van der Waals surface area contributed by atoms with E-state index in [2.05, 4.69) is 15.3 Å². The number of aromatic nitrogens is 1. The number of hydrogen-bond donors (Lipinski definition) is 2. The standard InChI is InChI=1S/C23H17Cl2N5O5/c1-2-34-23(33)27-22(32)19(12-26)29-28-14-10-17(24)21(18(25)11-14)35-16-8-9-20(31)30(13-16)15-6-4-3-5-7-15/h3-11,13,28H,2H2,1H3,(H,27,32,33)/b29-19+. The van der Waals surface area contributed by atoms with Crippen LogP contribution in [-0.4, -0.2) is 28.9 Å². The van der Waals surface area contributed by atoms with Crippen LogP contribution in [-0.2, 0) is 9.53 Å². The first-order valence-electron chi connectivity index (χ1n) is 9.99. The summed E-state index contributed by atoms with van der Waals surface area (Å²) in [4.78, 5) is 35.5. The Balaban J connectivity index is 1.79. The zero-order valence-electron chi connectivity index (χ0n) is 18.1. The predicted molar refractivity (Wildman–Crippen MR) is 130 cm³/mol. The predicted octanol–water partition coefficient (Wildman–Crippen LogP) is 4.50. The fourth-order valence-corrected chi connectivity index (χ4v) is 3.29. The number of benzene rings is 2. The summed E-state index contributed by atoms with van der Waals surface area (Å²) >= 11 is 12.6. The minimum atomic E-state index is -1.05. The van der Waals surface area contributed by atoms with Crippen LogP contribution in [0.15, 0.2) is 70.7 Å². The lowest BCUT2D eigenvalue weighted by Gasteiger charge is -2.13. The van der Waals surface area contributed by atoms with E-state index in [1.165, 1.54) is 35.0 Å². The van der Waals surface area contributed by atoms with Gasteiger partial charge in [-0.3, -0.25) is 24.9 Å². The summed E-state index contributed by atoms with van der Waals surface area (Å²) in [5, 5.41) is 14.8. The largest absolute Gasteiger partial charge is 0.453 e. The number of pyridine rings is 1. The molecule has 0 saturated carbocycles. The van der Waals surface area contributed by atoms with Gasteiger partial charge in [0.05, 0.1) is 28.5 Å².